The van der Waals surface area contributed by atoms with E-state index in [2.05, 4.69) is 17.4 Å². The Bertz CT molecular complexity index is 323. The van der Waals surface area contributed by atoms with Crippen molar-refractivity contribution in [1.82, 2.24) is 5.32 Å². The third kappa shape index (κ3) is 4.41. The maximum absolute atomic E-state index is 6.13. The molecule has 0 aliphatic carbocycles. The third-order valence-corrected chi connectivity index (χ3v) is 3.53. The van der Waals surface area contributed by atoms with Crippen molar-refractivity contribution >= 4 is 0 Å². The molecule has 2 atom stereocenters. The molecule has 3 nitrogen and oxygen atoms in total. The molecule has 0 amide bonds. The zero-order chi connectivity index (χ0) is 12.6. The van der Waals surface area contributed by atoms with Crippen LogP contribution in [0, 0.1) is 0 Å². The van der Waals surface area contributed by atoms with E-state index >= 15 is 0 Å². The lowest BCUT2D eigenvalue weighted by Gasteiger charge is -2.13. The number of hydrogen-bond donors (Lipinski definition) is 2. The van der Waals surface area contributed by atoms with Gasteiger partial charge in [-0.05, 0) is 44.3 Å². The largest absolute Gasteiger partial charge is 0.378 e. The number of nitrogens with one attached hydrogen (secondary N) is 1. The molecule has 0 spiro atoms. The van der Waals surface area contributed by atoms with Crippen molar-refractivity contribution in [2.45, 2.75) is 37.8 Å². The summed E-state index contributed by atoms with van der Waals surface area (Å²) in [6, 6.07) is 10.4. The minimum Gasteiger partial charge on any atom is -0.378 e. The molecule has 3 N–H and O–H groups in total. The van der Waals surface area contributed by atoms with Gasteiger partial charge in [-0.2, -0.15) is 0 Å². The van der Waals surface area contributed by atoms with E-state index in [-0.39, 0.29) is 6.04 Å². The molecular formula is C15H24N2O. The van der Waals surface area contributed by atoms with Crippen molar-refractivity contribution in [3.05, 3.63) is 35.9 Å². The Kier molecular flexibility index (Phi) is 5.65. The van der Waals surface area contributed by atoms with Gasteiger partial charge in [0.15, 0.2) is 0 Å². The Morgan fingerprint density at radius 2 is 2.11 bits per heavy atom. The van der Waals surface area contributed by atoms with E-state index in [1.807, 2.05) is 18.2 Å². The first-order chi connectivity index (χ1) is 8.86. The average Bonchev–Trinajstić information content (AvgIpc) is 2.92. The minimum absolute atomic E-state index is 0.140. The zero-order valence-electron chi connectivity index (χ0n) is 11.0. The fourth-order valence-corrected chi connectivity index (χ4v) is 2.38. The highest BCUT2D eigenvalue weighted by molar-refractivity contribution is 5.18. The molecule has 3 heteroatoms. The number of hydrogen-bond acceptors (Lipinski definition) is 3. The summed E-state index contributed by atoms with van der Waals surface area (Å²) in [5.41, 5.74) is 7.36. The van der Waals surface area contributed by atoms with Gasteiger partial charge in [0.2, 0.25) is 0 Å². The normalized spacial score (nSPS) is 21.1. The standard InChI is InChI=1S/C15H24N2O/c16-15(13-5-2-1-3-6-13)9-11-17-10-8-14-7-4-12-18-14/h1-3,5-6,14-15,17H,4,7-12,16H2. The molecule has 1 saturated heterocycles. The van der Waals surface area contributed by atoms with Crippen LogP contribution in [-0.2, 0) is 4.74 Å². The summed E-state index contributed by atoms with van der Waals surface area (Å²) < 4.78 is 5.59. The molecular weight excluding hydrogens is 224 g/mol. The summed E-state index contributed by atoms with van der Waals surface area (Å²) in [5.74, 6) is 0. The van der Waals surface area contributed by atoms with Crippen LogP contribution in [0.5, 0.6) is 0 Å². The highest BCUT2D eigenvalue weighted by Crippen LogP contribution is 2.15. The van der Waals surface area contributed by atoms with Gasteiger partial charge in [0.1, 0.15) is 0 Å². The van der Waals surface area contributed by atoms with Crippen molar-refractivity contribution in [3.63, 3.8) is 0 Å². The van der Waals surface area contributed by atoms with Crippen LogP contribution < -0.4 is 11.1 Å². The third-order valence-electron chi connectivity index (χ3n) is 3.53. The molecule has 0 aromatic heterocycles. The lowest BCUT2D eigenvalue weighted by molar-refractivity contribution is 0.104. The SMILES string of the molecule is NC(CCNCCC1CCCO1)c1ccccc1. The fourth-order valence-electron chi connectivity index (χ4n) is 2.38. The topological polar surface area (TPSA) is 47.3 Å². The van der Waals surface area contributed by atoms with E-state index < -0.39 is 0 Å². The summed E-state index contributed by atoms with van der Waals surface area (Å²) in [4.78, 5) is 0. The Morgan fingerprint density at radius 1 is 1.28 bits per heavy atom. The molecule has 1 aliphatic heterocycles. The highest BCUT2D eigenvalue weighted by atomic mass is 16.5. The molecule has 18 heavy (non-hydrogen) atoms. The average molecular weight is 248 g/mol. The quantitative estimate of drug-likeness (QED) is 0.727. The minimum atomic E-state index is 0.140. The van der Waals surface area contributed by atoms with Crippen LogP contribution in [0.4, 0.5) is 0 Å². The molecule has 0 saturated carbocycles. The van der Waals surface area contributed by atoms with Crippen LogP contribution in [0.15, 0.2) is 30.3 Å². The number of rotatable bonds is 7. The van der Waals surface area contributed by atoms with Crippen LogP contribution in [0.3, 0.4) is 0 Å². The van der Waals surface area contributed by atoms with Gasteiger partial charge >= 0.3 is 0 Å². The van der Waals surface area contributed by atoms with Crippen molar-refractivity contribution in [1.29, 1.82) is 0 Å². The predicted molar refractivity (Wildman–Crippen MR) is 74.4 cm³/mol. The summed E-state index contributed by atoms with van der Waals surface area (Å²) in [6.07, 6.45) is 5.05. The van der Waals surface area contributed by atoms with Gasteiger partial charge in [0.25, 0.3) is 0 Å². The van der Waals surface area contributed by atoms with Gasteiger partial charge in [-0.15, -0.1) is 0 Å². The maximum atomic E-state index is 6.13. The molecule has 0 bridgehead atoms. The van der Waals surface area contributed by atoms with Crippen LogP contribution in [0.1, 0.15) is 37.3 Å². The summed E-state index contributed by atoms with van der Waals surface area (Å²) in [7, 11) is 0. The van der Waals surface area contributed by atoms with Gasteiger partial charge in [-0.1, -0.05) is 30.3 Å². The van der Waals surface area contributed by atoms with Crippen molar-refractivity contribution < 1.29 is 4.74 Å². The van der Waals surface area contributed by atoms with Crippen LogP contribution in [0.2, 0.25) is 0 Å². The van der Waals surface area contributed by atoms with Crippen LogP contribution in [0.25, 0.3) is 0 Å². The van der Waals surface area contributed by atoms with E-state index in [4.69, 9.17) is 10.5 Å². The number of ether oxygens (including phenoxy) is 1. The molecule has 0 radical (unpaired) electrons. The number of nitrogens with two attached hydrogens (primary N) is 1. The molecule has 100 valence electrons. The van der Waals surface area contributed by atoms with E-state index in [1.54, 1.807) is 0 Å². The second-order valence-electron chi connectivity index (χ2n) is 4.98. The van der Waals surface area contributed by atoms with E-state index in [0.717, 1.165) is 32.5 Å². The molecule has 2 rings (SSSR count). The molecule has 1 fully saturated rings. The van der Waals surface area contributed by atoms with E-state index in [0.29, 0.717) is 6.10 Å². The van der Waals surface area contributed by atoms with Crippen molar-refractivity contribution in [3.8, 4) is 0 Å². The monoisotopic (exact) mass is 248 g/mol. The van der Waals surface area contributed by atoms with Gasteiger partial charge < -0.3 is 15.8 Å². The Labute approximate surface area is 110 Å². The number of benzene rings is 1. The Balaban J connectivity index is 1.55. The molecule has 1 aromatic carbocycles. The van der Waals surface area contributed by atoms with Gasteiger partial charge in [-0.25, -0.2) is 0 Å². The fraction of sp³-hybridized carbons (Fsp3) is 0.600. The molecule has 1 heterocycles. The highest BCUT2D eigenvalue weighted by Gasteiger charge is 2.14. The smallest absolute Gasteiger partial charge is 0.0588 e. The summed E-state index contributed by atoms with van der Waals surface area (Å²) >= 11 is 0. The van der Waals surface area contributed by atoms with Crippen LogP contribution >= 0.6 is 0 Å². The second-order valence-corrected chi connectivity index (χ2v) is 4.98. The van der Waals surface area contributed by atoms with Crippen LogP contribution in [-0.4, -0.2) is 25.8 Å². The summed E-state index contributed by atoms with van der Waals surface area (Å²) in [6.45, 7) is 2.96. The first kappa shape index (κ1) is 13.5. The van der Waals surface area contributed by atoms with Gasteiger partial charge in [-0.3, -0.25) is 0 Å². The summed E-state index contributed by atoms with van der Waals surface area (Å²) in [5, 5.41) is 3.45. The lowest BCUT2D eigenvalue weighted by Crippen LogP contribution is -2.24. The lowest BCUT2D eigenvalue weighted by atomic mass is 10.1. The Morgan fingerprint density at radius 3 is 2.83 bits per heavy atom. The van der Waals surface area contributed by atoms with Gasteiger partial charge in [0, 0.05) is 12.6 Å². The van der Waals surface area contributed by atoms with E-state index in [9.17, 15) is 0 Å². The maximum Gasteiger partial charge on any atom is 0.0588 e. The molecule has 1 aliphatic rings. The second kappa shape index (κ2) is 7.52. The van der Waals surface area contributed by atoms with Crippen molar-refractivity contribution in [2.75, 3.05) is 19.7 Å². The predicted octanol–water partition coefficient (Wildman–Crippen LogP) is 2.24. The van der Waals surface area contributed by atoms with Gasteiger partial charge in [0.05, 0.1) is 6.10 Å². The molecule has 1 aromatic rings. The Hall–Kier alpha value is -0.900. The molecule has 2 unspecified atom stereocenters. The zero-order valence-corrected chi connectivity index (χ0v) is 11.0. The van der Waals surface area contributed by atoms with Crippen molar-refractivity contribution in [2.24, 2.45) is 5.73 Å². The first-order valence-corrected chi connectivity index (χ1v) is 6.99. The first-order valence-electron chi connectivity index (χ1n) is 6.99. The van der Waals surface area contributed by atoms with E-state index in [1.165, 1.54) is 18.4 Å².